The molecule has 0 spiro atoms. The average molecular weight is 365 g/mol. The summed E-state index contributed by atoms with van der Waals surface area (Å²) in [5, 5.41) is 16.0. The van der Waals surface area contributed by atoms with E-state index in [1.807, 2.05) is 13.8 Å². The van der Waals surface area contributed by atoms with E-state index in [9.17, 15) is 19.5 Å². The summed E-state index contributed by atoms with van der Waals surface area (Å²) in [5.74, 6) is -2.45. The Morgan fingerprint density at radius 3 is 2.60 bits per heavy atom. The van der Waals surface area contributed by atoms with Gasteiger partial charge in [0.25, 0.3) is 5.91 Å². The third-order valence-corrected chi connectivity index (χ3v) is 4.61. The third-order valence-electron chi connectivity index (χ3n) is 3.54. The van der Waals surface area contributed by atoms with Gasteiger partial charge in [0.05, 0.1) is 12.2 Å². The van der Waals surface area contributed by atoms with Crippen LogP contribution in [0.3, 0.4) is 0 Å². The molecule has 0 radical (unpaired) electrons. The van der Waals surface area contributed by atoms with Gasteiger partial charge in [-0.1, -0.05) is 6.92 Å². The van der Waals surface area contributed by atoms with Gasteiger partial charge in [-0.3, -0.25) is 9.48 Å². The Balaban J connectivity index is 2.42. The van der Waals surface area contributed by atoms with Crippen LogP contribution in [0.1, 0.15) is 55.5 Å². The van der Waals surface area contributed by atoms with E-state index >= 15 is 0 Å². The molecule has 8 nitrogen and oxygen atoms in total. The third kappa shape index (κ3) is 3.71. The first-order chi connectivity index (χ1) is 11.8. The number of anilines is 1. The number of nitrogens with zero attached hydrogens (tertiary/aromatic N) is 2. The number of thiophene rings is 1. The Morgan fingerprint density at radius 1 is 1.36 bits per heavy atom. The van der Waals surface area contributed by atoms with E-state index in [4.69, 9.17) is 4.74 Å². The number of nitrogens with one attached hydrogen (secondary N) is 1. The molecular weight excluding hydrogens is 346 g/mol. The Labute approximate surface area is 148 Å². The summed E-state index contributed by atoms with van der Waals surface area (Å²) in [4.78, 5) is 36.9. The Kier molecular flexibility index (Phi) is 5.58. The van der Waals surface area contributed by atoms with Crippen molar-refractivity contribution in [1.82, 2.24) is 9.78 Å². The zero-order valence-electron chi connectivity index (χ0n) is 14.4. The molecule has 2 aromatic heterocycles. The minimum Gasteiger partial charge on any atom is -0.478 e. The number of carbonyl (C=O) groups excluding carboxylic acids is 2. The van der Waals surface area contributed by atoms with Gasteiger partial charge in [-0.2, -0.15) is 5.10 Å². The van der Waals surface area contributed by atoms with Crippen molar-refractivity contribution in [1.29, 1.82) is 0 Å². The highest BCUT2D eigenvalue weighted by Crippen LogP contribution is 2.34. The molecule has 0 atom stereocenters. The van der Waals surface area contributed by atoms with E-state index in [-0.39, 0.29) is 17.9 Å². The van der Waals surface area contributed by atoms with Gasteiger partial charge in [-0.15, -0.1) is 11.3 Å². The molecule has 25 heavy (non-hydrogen) atoms. The molecule has 0 aliphatic carbocycles. The molecule has 0 saturated heterocycles. The lowest BCUT2D eigenvalue weighted by molar-refractivity contribution is 0.0526. The summed E-state index contributed by atoms with van der Waals surface area (Å²) in [5.41, 5.74) is 0.696. The zero-order valence-corrected chi connectivity index (χ0v) is 15.2. The molecule has 0 bridgehead atoms. The lowest BCUT2D eigenvalue weighted by Crippen LogP contribution is -2.18. The molecule has 0 fully saturated rings. The lowest BCUT2D eigenvalue weighted by atomic mass is 10.1. The molecule has 0 aromatic carbocycles. The molecule has 9 heteroatoms. The summed E-state index contributed by atoms with van der Waals surface area (Å²) < 4.78 is 6.33. The van der Waals surface area contributed by atoms with Crippen molar-refractivity contribution in [3.8, 4) is 0 Å². The summed E-state index contributed by atoms with van der Waals surface area (Å²) >= 11 is 1.25. The highest BCUT2D eigenvalue weighted by Gasteiger charge is 2.26. The van der Waals surface area contributed by atoms with E-state index in [1.54, 1.807) is 6.92 Å². The first kappa shape index (κ1) is 18.7. The molecule has 0 aliphatic rings. The van der Waals surface area contributed by atoms with Gasteiger partial charge in [0.15, 0.2) is 5.69 Å². The summed E-state index contributed by atoms with van der Waals surface area (Å²) in [6.45, 7) is 5.68. The molecule has 134 valence electrons. The molecule has 2 N–H and O–H groups in total. The Bertz CT molecular complexity index is 837. The van der Waals surface area contributed by atoms with Crippen LogP contribution in [-0.4, -0.2) is 39.3 Å². The Hall–Kier alpha value is -2.68. The van der Waals surface area contributed by atoms with Gasteiger partial charge < -0.3 is 15.2 Å². The fourth-order valence-corrected chi connectivity index (χ4v) is 3.61. The van der Waals surface area contributed by atoms with Crippen LogP contribution in [0.15, 0.2) is 6.20 Å². The van der Waals surface area contributed by atoms with Crippen LogP contribution in [0.4, 0.5) is 5.00 Å². The number of esters is 1. The summed E-state index contributed by atoms with van der Waals surface area (Å²) in [6.07, 6.45) is 1.86. The smallest absolute Gasteiger partial charge is 0.341 e. The predicted octanol–water partition coefficient (Wildman–Crippen LogP) is 2.48. The molecular formula is C16H19N3O5S. The molecule has 0 saturated carbocycles. The van der Waals surface area contributed by atoms with Crippen LogP contribution in [0.2, 0.25) is 0 Å². The number of amides is 1. The van der Waals surface area contributed by atoms with Crippen LogP contribution in [-0.2, 0) is 18.2 Å². The number of rotatable bonds is 6. The van der Waals surface area contributed by atoms with E-state index < -0.39 is 17.8 Å². The van der Waals surface area contributed by atoms with Crippen LogP contribution in [0.5, 0.6) is 0 Å². The van der Waals surface area contributed by atoms with Crippen molar-refractivity contribution in [2.75, 3.05) is 11.9 Å². The number of aromatic carboxylic acids is 1. The van der Waals surface area contributed by atoms with Crippen molar-refractivity contribution in [3.05, 3.63) is 33.5 Å². The zero-order chi connectivity index (χ0) is 18.7. The number of carboxylic acids is 1. The second-order valence-electron chi connectivity index (χ2n) is 5.24. The van der Waals surface area contributed by atoms with Crippen molar-refractivity contribution >= 4 is 34.2 Å². The van der Waals surface area contributed by atoms with Crippen LogP contribution in [0.25, 0.3) is 0 Å². The molecule has 2 heterocycles. The maximum Gasteiger partial charge on any atom is 0.341 e. The SMILES string of the molecule is CCOC(=O)c1c(NC(=O)c2nn(C)cc2C(=O)O)sc(C)c1CC. The highest BCUT2D eigenvalue weighted by molar-refractivity contribution is 7.16. The first-order valence-electron chi connectivity index (χ1n) is 7.67. The monoisotopic (exact) mass is 365 g/mol. The number of hydrogen-bond donors (Lipinski definition) is 2. The quantitative estimate of drug-likeness (QED) is 0.761. The normalized spacial score (nSPS) is 10.6. The number of hydrogen-bond acceptors (Lipinski definition) is 6. The van der Waals surface area contributed by atoms with E-state index in [0.717, 1.165) is 10.4 Å². The fourth-order valence-electron chi connectivity index (χ4n) is 2.49. The van der Waals surface area contributed by atoms with Gasteiger partial charge in [-0.25, -0.2) is 9.59 Å². The van der Waals surface area contributed by atoms with Gasteiger partial charge in [0.1, 0.15) is 10.6 Å². The maximum absolute atomic E-state index is 12.5. The van der Waals surface area contributed by atoms with Crippen LogP contribution >= 0.6 is 11.3 Å². The van der Waals surface area contributed by atoms with Crippen molar-refractivity contribution in [2.45, 2.75) is 27.2 Å². The van der Waals surface area contributed by atoms with Gasteiger partial charge in [0.2, 0.25) is 0 Å². The minimum atomic E-state index is -1.25. The number of carboxylic acid groups (broad SMARTS) is 1. The fraction of sp³-hybridized carbons (Fsp3) is 0.375. The van der Waals surface area contributed by atoms with Gasteiger partial charge >= 0.3 is 11.9 Å². The van der Waals surface area contributed by atoms with Gasteiger partial charge in [0, 0.05) is 18.1 Å². The second-order valence-corrected chi connectivity index (χ2v) is 6.46. The molecule has 2 aromatic rings. The minimum absolute atomic E-state index is 0.207. The van der Waals surface area contributed by atoms with E-state index in [1.165, 1.54) is 29.3 Å². The molecule has 0 unspecified atom stereocenters. The largest absolute Gasteiger partial charge is 0.478 e. The van der Waals surface area contributed by atoms with Crippen LogP contribution < -0.4 is 5.32 Å². The molecule has 0 aliphatic heterocycles. The number of carbonyl (C=O) groups is 3. The summed E-state index contributed by atoms with van der Waals surface area (Å²) in [6, 6.07) is 0. The number of ether oxygens (including phenoxy) is 1. The standard InChI is InChI=1S/C16H19N3O5S/c1-5-9-8(3)25-14(11(9)16(23)24-6-2)17-13(20)12-10(15(21)22)7-19(4)18-12/h7H,5-6H2,1-4H3,(H,17,20)(H,21,22). The number of aromatic nitrogens is 2. The Morgan fingerprint density at radius 2 is 2.04 bits per heavy atom. The van der Waals surface area contributed by atoms with Crippen molar-refractivity contribution in [2.24, 2.45) is 7.05 Å². The summed E-state index contributed by atoms with van der Waals surface area (Å²) in [7, 11) is 1.53. The van der Waals surface area contributed by atoms with Crippen LogP contribution in [0, 0.1) is 6.92 Å². The topological polar surface area (TPSA) is 111 Å². The van der Waals surface area contributed by atoms with E-state index in [2.05, 4.69) is 10.4 Å². The lowest BCUT2D eigenvalue weighted by Gasteiger charge is -2.07. The average Bonchev–Trinajstić information content (AvgIpc) is 3.07. The van der Waals surface area contributed by atoms with Crippen molar-refractivity contribution < 1.29 is 24.2 Å². The molecule has 2 rings (SSSR count). The second kappa shape index (κ2) is 7.47. The predicted molar refractivity (Wildman–Crippen MR) is 92.5 cm³/mol. The first-order valence-corrected chi connectivity index (χ1v) is 8.49. The van der Waals surface area contributed by atoms with Crippen molar-refractivity contribution in [3.63, 3.8) is 0 Å². The van der Waals surface area contributed by atoms with E-state index in [0.29, 0.717) is 17.0 Å². The highest BCUT2D eigenvalue weighted by atomic mass is 32.1. The van der Waals surface area contributed by atoms with Gasteiger partial charge in [-0.05, 0) is 25.8 Å². The number of aryl methyl sites for hydroxylation is 2. The molecule has 1 amide bonds. The maximum atomic E-state index is 12.5.